The molecule has 19 heavy (non-hydrogen) atoms. The van der Waals surface area contributed by atoms with Gasteiger partial charge in [-0.25, -0.2) is 0 Å². The van der Waals surface area contributed by atoms with E-state index in [1.165, 1.54) is 32.1 Å². The number of phenols is 1. The first-order valence-electron chi connectivity index (χ1n) is 7.09. The Morgan fingerprint density at radius 3 is 2.68 bits per heavy atom. The third-order valence-corrected chi connectivity index (χ3v) is 4.22. The summed E-state index contributed by atoms with van der Waals surface area (Å²) in [6, 6.07) is 5.27. The lowest BCUT2D eigenvalue weighted by molar-refractivity contribution is 0.0916. The summed E-state index contributed by atoms with van der Waals surface area (Å²) in [5, 5.41) is 12.9. The molecule has 0 aliphatic heterocycles. The monoisotopic (exact) mass is 261 g/mol. The normalized spacial score (nSPS) is 18.0. The average Bonchev–Trinajstić information content (AvgIpc) is 2.40. The third kappa shape index (κ3) is 3.28. The molecule has 1 aromatic rings. The summed E-state index contributed by atoms with van der Waals surface area (Å²) in [5.41, 5.74) is 1.32. The van der Waals surface area contributed by atoms with Gasteiger partial charge in [0.15, 0.2) is 0 Å². The molecule has 1 amide bonds. The summed E-state index contributed by atoms with van der Waals surface area (Å²) in [4.78, 5) is 12.1. The SMILES string of the molecule is Cc1cccc(C(=O)NCC2(C)CCCCC2)c1O. The Labute approximate surface area is 115 Å². The van der Waals surface area contributed by atoms with Crippen LogP contribution in [0.1, 0.15) is 54.9 Å². The average molecular weight is 261 g/mol. The highest BCUT2D eigenvalue weighted by Gasteiger charge is 2.27. The number of hydrogen-bond acceptors (Lipinski definition) is 2. The third-order valence-electron chi connectivity index (χ3n) is 4.22. The predicted octanol–water partition coefficient (Wildman–Crippen LogP) is 3.40. The van der Waals surface area contributed by atoms with Crippen molar-refractivity contribution in [3.05, 3.63) is 29.3 Å². The smallest absolute Gasteiger partial charge is 0.255 e. The van der Waals surface area contributed by atoms with Crippen LogP contribution in [0.2, 0.25) is 0 Å². The van der Waals surface area contributed by atoms with Crippen molar-refractivity contribution >= 4 is 5.91 Å². The van der Waals surface area contributed by atoms with Crippen LogP contribution >= 0.6 is 0 Å². The zero-order valence-electron chi connectivity index (χ0n) is 11.8. The molecule has 104 valence electrons. The van der Waals surface area contributed by atoms with Gasteiger partial charge >= 0.3 is 0 Å². The van der Waals surface area contributed by atoms with E-state index in [-0.39, 0.29) is 17.1 Å². The van der Waals surface area contributed by atoms with Gasteiger partial charge in [-0.15, -0.1) is 0 Å². The van der Waals surface area contributed by atoms with Crippen molar-refractivity contribution < 1.29 is 9.90 Å². The maximum Gasteiger partial charge on any atom is 0.255 e. The van der Waals surface area contributed by atoms with Crippen LogP contribution in [0.4, 0.5) is 0 Å². The lowest BCUT2D eigenvalue weighted by Gasteiger charge is -2.33. The van der Waals surface area contributed by atoms with Crippen molar-refractivity contribution in [2.75, 3.05) is 6.54 Å². The number of amides is 1. The number of phenolic OH excluding ortho intramolecular Hbond substituents is 1. The van der Waals surface area contributed by atoms with Gasteiger partial charge in [-0.3, -0.25) is 4.79 Å². The standard InChI is InChI=1S/C16H23NO2/c1-12-7-6-8-13(14(12)18)15(19)17-11-16(2)9-4-3-5-10-16/h6-8,18H,3-5,9-11H2,1-2H3,(H,17,19). The summed E-state index contributed by atoms with van der Waals surface area (Å²) in [6.07, 6.45) is 6.16. The fraction of sp³-hybridized carbons (Fsp3) is 0.562. The fourth-order valence-corrected chi connectivity index (χ4v) is 2.81. The second-order valence-electron chi connectivity index (χ2n) is 6.03. The molecule has 0 radical (unpaired) electrons. The number of aromatic hydroxyl groups is 1. The number of hydrogen-bond donors (Lipinski definition) is 2. The lowest BCUT2D eigenvalue weighted by atomic mass is 9.76. The minimum atomic E-state index is -0.173. The van der Waals surface area contributed by atoms with E-state index in [0.717, 1.165) is 5.56 Å². The highest BCUT2D eigenvalue weighted by molar-refractivity contribution is 5.97. The van der Waals surface area contributed by atoms with Crippen LogP contribution in [-0.4, -0.2) is 17.6 Å². The highest BCUT2D eigenvalue weighted by atomic mass is 16.3. The number of carbonyl (C=O) groups is 1. The maximum atomic E-state index is 12.1. The number of aryl methyl sites for hydroxylation is 1. The van der Waals surface area contributed by atoms with Crippen LogP contribution < -0.4 is 5.32 Å². The fourth-order valence-electron chi connectivity index (χ4n) is 2.81. The molecule has 0 heterocycles. The van der Waals surface area contributed by atoms with Crippen molar-refractivity contribution in [2.45, 2.75) is 46.0 Å². The lowest BCUT2D eigenvalue weighted by Crippen LogP contribution is -2.37. The molecule has 3 nitrogen and oxygen atoms in total. The summed E-state index contributed by atoms with van der Waals surface area (Å²) in [6.45, 7) is 4.73. The predicted molar refractivity (Wildman–Crippen MR) is 76.4 cm³/mol. The van der Waals surface area contributed by atoms with Gasteiger partial charge in [-0.05, 0) is 36.8 Å². The van der Waals surface area contributed by atoms with Gasteiger partial charge in [0.1, 0.15) is 5.75 Å². The van der Waals surface area contributed by atoms with Crippen LogP contribution in [0.25, 0.3) is 0 Å². The Hall–Kier alpha value is -1.51. The minimum absolute atomic E-state index is 0.0915. The molecule has 1 fully saturated rings. The van der Waals surface area contributed by atoms with Gasteiger partial charge in [0, 0.05) is 6.54 Å². The molecule has 1 aliphatic carbocycles. The van der Waals surface area contributed by atoms with E-state index >= 15 is 0 Å². The van der Waals surface area contributed by atoms with Crippen molar-refractivity contribution in [1.82, 2.24) is 5.32 Å². The van der Waals surface area contributed by atoms with Crippen LogP contribution in [0.3, 0.4) is 0 Å². The topological polar surface area (TPSA) is 49.3 Å². The Morgan fingerprint density at radius 1 is 1.32 bits per heavy atom. The van der Waals surface area contributed by atoms with E-state index < -0.39 is 0 Å². The maximum absolute atomic E-state index is 12.1. The number of carbonyl (C=O) groups excluding carboxylic acids is 1. The van der Waals surface area contributed by atoms with E-state index in [4.69, 9.17) is 0 Å². The minimum Gasteiger partial charge on any atom is -0.507 e. The molecule has 0 bridgehead atoms. The van der Waals surface area contributed by atoms with Crippen molar-refractivity contribution in [2.24, 2.45) is 5.41 Å². The van der Waals surface area contributed by atoms with Crippen LogP contribution in [0.5, 0.6) is 5.75 Å². The van der Waals surface area contributed by atoms with Crippen LogP contribution in [0.15, 0.2) is 18.2 Å². The zero-order chi connectivity index (χ0) is 13.9. The molecule has 3 heteroatoms. The molecule has 1 saturated carbocycles. The second kappa shape index (κ2) is 5.64. The zero-order valence-corrected chi connectivity index (χ0v) is 11.8. The van der Waals surface area contributed by atoms with E-state index in [1.807, 2.05) is 0 Å². The first-order chi connectivity index (χ1) is 9.02. The van der Waals surface area contributed by atoms with Gasteiger partial charge in [0.2, 0.25) is 0 Å². The Balaban J connectivity index is 1.99. The van der Waals surface area contributed by atoms with Gasteiger partial charge < -0.3 is 10.4 Å². The summed E-state index contributed by atoms with van der Waals surface area (Å²) in [7, 11) is 0. The Morgan fingerprint density at radius 2 is 2.00 bits per heavy atom. The number of rotatable bonds is 3. The van der Waals surface area contributed by atoms with E-state index in [1.54, 1.807) is 25.1 Å². The van der Waals surface area contributed by atoms with E-state index in [0.29, 0.717) is 12.1 Å². The van der Waals surface area contributed by atoms with Gasteiger partial charge in [-0.1, -0.05) is 38.3 Å². The number of nitrogens with one attached hydrogen (secondary N) is 1. The number of para-hydroxylation sites is 1. The summed E-state index contributed by atoms with van der Waals surface area (Å²) in [5.74, 6) is -0.0817. The molecule has 1 aromatic carbocycles. The first-order valence-corrected chi connectivity index (χ1v) is 7.09. The molecule has 0 aromatic heterocycles. The van der Waals surface area contributed by atoms with Crippen molar-refractivity contribution in [3.8, 4) is 5.75 Å². The molecule has 0 saturated heterocycles. The molecule has 2 rings (SSSR count). The quantitative estimate of drug-likeness (QED) is 0.876. The highest BCUT2D eigenvalue weighted by Crippen LogP contribution is 2.35. The van der Waals surface area contributed by atoms with Crippen molar-refractivity contribution in [3.63, 3.8) is 0 Å². The summed E-state index contributed by atoms with van der Waals surface area (Å²) < 4.78 is 0. The molecule has 2 N–H and O–H groups in total. The Bertz CT molecular complexity index is 462. The van der Waals surface area contributed by atoms with Gasteiger partial charge in [0.25, 0.3) is 5.91 Å². The molecule has 0 spiro atoms. The largest absolute Gasteiger partial charge is 0.507 e. The molecule has 1 aliphatic rings. The van der Waals surface area contributed by atoms with Gasteiger partial charge in [-0.2, -0.15) is 0 Å². The van der Waals surface area contributed by atoms with E-state index in [9.17, 15) is 9.90 Å². The van der Waals surface area contributed by atoms with Gasteiger partial charge in [0.05, 0.1) is 5.56 Å². The molecular formula is C16H23NO2. The summed E-state index contributed by atoms with van der Waals surface area (Å²) >= 11 is 0. The molecule has 0 unspecified atom stereocenters. The number of benzene rings is 1. The Kier molecular flexibility index (Phi) is 4.13. The van der Waals surface area contributed by atoms with Crippen molar-refractivity contribution in [1.29, 1.82) is 0 Å². The molecular weight excluding hydrogens is 238 g/mol. The molecule has 0 atom stereocenters. The first kappa shape index (κ1) is 13.9. The van der Waals surface area contributed by atoms with Crippen LogP contribution in [0, 0.1) is 12.3 Å². The van der Waals surface area contributed by atoms with Crippen LogP contribution in [-0.2, 0) is 0 Å². The second-order valence-corrected chi connectivity index (χ2v) is 6.03. The van der Waals surface area contributed by atoms with E-state index in [2.05, 4.69) is 12.2 Å².